The first-order valence-corrected chi connectivity index (χ1v) is 9.57. The van der Waals surface area contributed by atoms with Crippen molar-refractivity contribution in [1.29, 1.82) is 0 Å². The third-order valence-electron chi connectivity index (χ3n) is 3.82. The molecule has 1 N–H and O–H groups in total. The number of nitrogens with one attached hydrogen (secondary N) is 1. The second-order valence-electron chi connectivity index (χ2n) is 5.70. The number of carbonyl (C=O) groups excluding carboxylic acids is 1. The van der Waals surface area contributed by atoms with Crippen molar-refractivity contribution in [2.24, 2.45) is 0 Å². The van der Waals surface area contributed by atoms with E-state index in [0.29, 0.717) is 16.1 Å². The third-order valence-corrected chi connectivity index (χ3v) is 4.98. The van der Waals surface area contributed by atoms with Crippen molar-refractivity contribution in [1.82, 2.24) is 15.5 Å². The number of benzene rings is 2. The van der Waals surface area contributed by atoms with E-state index in [2.05, 4.69) is 15.5 Å². The van der Waals surface area contributed by atoms with Crippen LogP contribution in [-0.2, 0) is 4.79 Å². The second kappa shape index (κ2) is 8.92. The molecular formula is C19H18ClN3O3S. The minimum atomic E-state index is -0.190. The van der Waals surface area contributed by atoms with Gasteiger partial charge in [0.05, 0.1) is 18.9 Å². The largest absolute Gasteiger partial charge is 0.497 e. The Morgan fingerprint density at radius 1 is 1.22 bits per heavy atom. The van der Waals surface area contributed by atoms with Crippen molar-refractivity contribution in [2.75, 3.05) is 12.9 Å². The van der Waals surface area contributed by atoms with Gasteiger partial charge in [0.1, 0.15) is 5.75 Å². The smallest absolute Gasteiger partial charge is 0.277 e. The summed E-state index contributed by atoms with van der Waals surface area (Å²) in [7, 11) is 1.61. The van der Waals surface area contributed by atoms with Crippen molar-refractivity contribution >= 4 is 29.3 Å². The third kappa shape index (κ3) is 5.02. The number of ether oxygens (including phenoxy) is 1. The zero-order valence-corrected chi connectivity index (χ0v) is 16.4. The molecule has 1 heterocycles. The van der Waals surface area contributed by atoms with Gasteiger partial charge in [-0.3, -0.25) is 4.79 Å². The molecule has 6 nitrogen and oxygen atoms in total. The van der Waals surface area contributed by atoms with Gasteiger partial charge in [-0.2, -0.15) is 0 Å². The molecule has 0 aliphatic carbocycles. The lowest BCUT2D eigenvalue weighted by Gasteiger charge is -2.15. The molecule has 0 fully saturated rings. The second-order valence-corrected chi connectivity index (χ2v) is 7.03. The number of amides is 1. The minimum Gasteiger partial charge on any atom is -0.497 e. The van der Waals surface area contributed by atoms with Crippen LogP contribution < -0.4 is 10.1 Å². The van der Waals surface area contributed by atoms with E-state index in [1.165, 1.54) is 11.8 Å². The lowest BCUT2D eigenvalue weighted by atomic mass is 10.1. The number of aromatic nitrogens is 2. The van der Waals surface area contributed by atoms with Gasteiger partial charge in [-0.05, 0) is 42.8 Å². The van der Waals surface area contributed by atoms with E-state index in [4.69, 9.17) is 20.8 Å². The molecule has 1 atom stereocenters. The van der Waals surface area contributed by atoms with Gasteiger partial charge in [0.15, 0.2) is 0 Å². The molecular weight excluding hydrogens is 386 g/mol. The Bertz CT molecular complexity index is 915. The Hall–Kier alpha value is -2.51. The molecule has 1 aromatic heterocycles. The van der Waals surface area contributed by atoms with Gasteiger partial charge in [0, 0.05) is 10.6 Å². The molecule has 0 spiro atoms. The summed E-state index contributed by atoms with van der Waals surface area (Å²) in [6.45, 7) is 1.89. The quantitative estimate of drug-likeness (QED) is 0.590. The van der Waals surface area contributed by atoms with E-state index in [1.54, 1.807) is 13.2 Å². The van der Waals surface area contributed by atoms with E-state index in [0.717, 1.165) is 16.9 Å². The van der Waals surface area contributed by atoms with Crippen LogP contribution in [0.25, 0.3) is 11.5 Å². The van der Waals surface area contributed by atoms with Crippen molar-refractivity contribution < 1.29 is 13.9 Å². The summed E-state index contributed by atoms with van der Waals surface area (Å²) in [5.41, 5.74) is 1.66. The van der Waals surface area contributed by atoms with Crippen molar-refractivity contribution in [3.8, 4) is 17.2 Å². The summed E-state index contributed by atoms with van der Waals surface area (Å²) < 4.78 is 10.7. The van der Waals surface area contributed by atoms with Crippen LogP contribution in [0.4, 0.5) is 0 Å². The maximum Gasteiger partial charge on any atom is 0.277 e. The Morgan fingerprint density at radius 2 is 1.96 bits per heavy atom. The minimum absolute atomic E-state index is 0.142. The highest BCUT2D eigenvalue weighted by molar-refractivity contribution is 7.99. The van der Waals surface area contributed by atoms with Gasteiger partial charge in [-0.15, -0.1) is 10.2 Å². The first kappa shape index (κ1) is 19.3. The number of hydrogen-bond donors (Lipinski definition) is 1. The number of nitrogens with zero attached hydrogens (tertiary/aromatic N) is 2. The molecule has 0 unspecified atom stereocenters. The SMILES string of the molecule is COc1ccc(-c2nnc(SCC(=O)N[C@@H](C)c3ccccc3Cl)o2)cc1. The first-order chi connectivity index (χ1) is 13.1. The van der Waals surface area contributed by atoms with Gasteiger partial charge in [-0.1, -0.05) is 41.6 Å². The molecule has 27 heavy (non-hydrogen) atoms. The average Bonchev–Trinajstić information content (AvgIpc) is 3.16. The fraction of sp³-hybridized carbons (Fsp3) is 0.211. The predicted octanol–water partition coefficient (Wildman–Crippen LogP) is 4.37. The molecule has 0 saturated heterocycles. The molecule has 3 rings (SSSR count). The number of thioether (sulfide) groups is 1. The van der Waals surface area contributed by atoms with Gasteiger partial charge in [0.25, 0.3) is 5.22 Å². The van der Waals surface area contributed by atoms with E-state index in [9.17, 15) is 4.79 Å². The van der Waals surface area contributed by atoms with Crippen LogP contribution in [-0.4, -0.2) is 29.0 Å². The lowest BCUT2D eigenvalue weighted by molar-refractivity contribution is -0.119. The molecule has 3 aromatic rings. The molecule has 0 radical (unpaired) electrons. The number of hydrogen-bond acceptors (Lipinski definition) is 6. The summed E-state index contributed by atoms with van der Waals surface area (Å²) in [4.78, 5) is 12.2. The van der Waals surface area contributed by atoms with Gasteiger partial charge >= 0.3 is 0 Å². The standard InChI is InChI=1S/C19H18ClN3O3S/c1-12(15-5-3-4-6-16(15)20)21-17(24)11-27-19-23-22-18(26-19)13-7-9-14(25-2)10-8-13/h3-10,12H,11H2,1-2H3,(H,21,24)/t12-/m0/s1. The Labute approximate surface area is 166 Å². The maximum absolute atomic E-state index is 12.2. The zero-order chi connectivity index (χ0) is 19.2. The van der Waals surface area contributed by atoms with Gasteiger partial charge in [0.2, 0.25) is 11.8 Å². The molecule has 0 aliphatic heterocycles. The summed E-state index contributed by atoms with van der Waals surface area (Å²) in [5.74, 6) is 1.16. The van der Waals surface area contributed by atoms with Crippen LogP contribution in [0.15, 0.2) is 58.2 Å². The molecule has 140 valence electrons. The normalized spacial score (nSPS) is 11.8. The number of methoxy groups -OCH3 is 1. The summed E-state index contributed by atoms with van der Waals surface area (Å²) in [6, 6.07) is 14.5. The molecule has 2 aromatic carbocycles. The van der Waals surface area contributed by atoms with Crippen molar-refractivity contribution in [3.63, 3.8) is 0 Å². The predicted molar refractivity (Wildman–Crippen MR) is 105 cm³/mol. The van der Waals surface area contributed by atoms with Crippen LogP contribution in [0.3, 0.4) is 0 Å². The fourth-order valence-corrected chi connectivity index (χ4v) is 3.31. The first-order valence-electron chi connectivity index (χ1n) is 8.21. The van der Waals surface area contributed by atoms with E-state index in [1.807, 2.05) is 49.4 Å². The van der Waals surface area contributed by atoms with Crippen molar-refractivity contribution in [2.45, 2.75) is 18.2 Å². The molecule has 0 saturated carbocycles. The average molecular weight is 404 g/mol. The maximum atomic E-state index is 12.2. The zero-order valence-electron chi connectivity index (χ0n) is 14.8. The molecule has 0 bridgehead atoms. The number of rotatable bonds is 7. The molecule has 0 aliphatic rings. The van der Waals surface area contributed by atoms with Crippen LogP contribution in [0.1, 0.15) is 18.5 Å². The van der Waals surface area contributed by atoms with E-state index < -0.39 is 0 Å². The highest BCUT2D eigenvalue weighted by Crippen LogP contribution is 2.25. The monoisotopic (exact) mass is 403 g/mol. The Kier molecular flexibility index (Phi) is 6.36. The van der Waals surface area contributed by atoms with E-state index in [-0.39, 0.29) is 17.7 Å². The highest BCUT2D eigenvalue weighted by atomic mass is 35.5. The highest BCUT2D eigenvalue weighted by Gasteiger charge is 2.15. The van der Waals surface area contributed by atoms with Gasteiger partial charge < -0.3 is 14.5 Å². The fourth-order valence-electron chi connectivity index (χ4n) is 2.43. The Morgan fingerprint density at radius 3 is 2.67 bits per heavy atom. The van der Waals surface area contributed by atoms with E-state index >= 15 is 0 Å². The van der Waals surface area contributed by atoms with Crippen LogP contribution >= 0.6 is 23.4 Å². The van der Waals surface area contributed by atoms with Crippen LogP contribution in [0.5, 0.6) is 5.75 Å². The summed E-state index contributed by atoms with van der Waals surface area (Å²) >= 11 is 7.34. The number of carbonyl (C=O) groups is 1. The van der Waals surface area contributed by atoms with Crippen molar-refractivity contribution in [3.05, 3.63) is 59.1 Å². The number of halogens is 1. The summed E-state index contributed by atoms with van der Waals surface area (Å²) in [6.07, 6.45) is 0. The topological polar surface area (TPSA) is 77.2 Å². The van der Waals surface area contributed by atoms with Crippen LogP contribution in [0, 0.1) is 0 Å². The molecule has 1 amide bonds. The summed E-state index contributed by atoms with van der Waals surface area (Å²) in [5, 5.41) is 11.9. The molecule has 8 heteroatoms. The van der Waals surface area contributed by atoms with Gasteiger partial charge in [-0.25, -0.2) is 0 Å². The lowest BCUT2D eigenvalue weighted by Crippen LogP contribution is -2.28. The van der Waals surface area contributed by atoms with Crippen LogP contribution in [0.2, 0.25) is 5.02 Å². The Balaban J connectivity index is 1.55.